The summed E-state index contributed by atoms with van der Waals surface area (Å²) in [4.78, 5) is 12.5. The Bertz CT molecular complexity index is 920. The molecule has 1 aromatic heterocycles. The molecular weight excluding hydrogens is 346 g/mol. The van der Waals surface area contributed by atoms with Crippen LogP contribution in [-0.4, -0.2) is 31.4 Å². The minimum atomic E-state index is -0.341. The van der Waals surface area contributed by atoms with Crippen LogP contribution in [0.15, 0.2) is 47.6 Å². The van der Waals surface area contributed by atoms with Gasteiger partial charge in [0.25, 0.3) is 0 Å². The topological polar surface area (TPSA) is 72.7 Å². The fourth-order valence-electron chi connectivity index (χ4n) is 2.54. The Labute approximate surface area is 157 Å². The molecule has 3 rings (SSSR count). The minimum Gasteiger partial charge on any atom is -0.325 e. The number of anilines is 1. The molecule has 1 heterocycles. The van der Waals surface area contributed by atoms with Gasteiger partial charge in [-0.15, -0.1) is 5.10 Å². The third kappa shape index (κ3) is 4.11. The molecule has 1 atom stereocenters. The first-order valence-electron chi connectivity index (χ1n) is 8.34. The number of carbonyl (C=O) groups is 1. The average Bonchev–Trinajstić information content (AvgIpc) is 3.04. The van der Waals surface area contributed by atoms with Gasteiger partial charge in [0.2, 0.25) is 11.1 Å². The van der Waals surface area contributed by atoms with Gasteiger partial charge in [0.1, 0.15) is 0 Å². The van der Waals surface area contributed by atoms with E-state index < -0.39 is 0 Å². The molecule has 0 radical (unpaired) electrons. The third-order valence-electron chi connectivity index (χ3n) is 3.99. The fourth-order valence-corrected chi connectivity index (χ4v) is 3.34. The predicted octanol–water partition coefficient (Wildman–Crippen LogP) is 3.71. The highest BCUT2D eigenvalue weighted by Gasteiger charge is 2.20. The summed E-state index contributed by atoms with van der Waals surface area (Å²) in [7, 11) is 0. The summed E-state index contributed by atoms with van der Waals surface area (Å²) in [5, 5.41) is 15.1. The maximum absolute atomic E-state index is 12.5. The summed E-state index contributed by atoms with van der Waals surface area (Å²) < 4.78 is 1.68. The highest BCUT2D eigenvalue weighted by Crippen LogP contribution is 2.25. The van der Waals surface area contributed by atoms with Gasteiger partial charge >= 0.3 is 0 Å². The maximum atomic E-state index is 12.5. The molecular formula is C19H21N5OS. The van der Waals surface area contributed by atoms with Crippen LogP contribution in [0.4, 0.5) is 5.69 Å². The Hall–Kier alpha value is -2.67. The van der Waals surface area contributed by atoms with E-state index in [2.05, 4.69) is 26.9 Å². The van der Waals surface area contributed by atoms with Crippen LogP contribution in [0.5, 0.6) is 0 Å². The summed E-state index contributed by atoms with van der Waals surface area (Å²) in [6.07, 6.45) is 0. The summed E-state index contributed by atoms with van der Waals surface area (Å²) in [6, 6.07) is 13.8. The second kappa shape index (κ2) is 7.70. The monoisotopic (exact) mass is 367 g/mol. The Kier molecular flexibility index (Phi) is 5.37. The highest BCUT2D eigenvalue weighted by molar-refractivity contribution is 8.00. The Balaban J connectivity index is 1.74. The van der Waals surface area contributed by atoms with Crippen LogP contribution >= 0.6 is 11.8 Å². The molecule has 7 heteroatoms. The molecule has 3 aromatic rings. The molecule has 0 saturated carbocycles. The van der Waals surface area contributed by atoms with Crippen molar-refractivity contribution in [3.63, 3.8) is 0 Å². The van der Waals surface area contributed by atoms with Crippen molar-refractivity contribution in [1.82, 2.24) is 20.2 Å². The second-order valence-electron chi connectivity index (χ2n) is 6.28. The lowest BCUT2D eigenvalue weighted by Crippen LogP contribution is -2.23. The Morgan fingerprint density at radius 1 is 1.08 bits per heavy atom. The van der Waals surface area contributed by atoms with E-state index in [1.54, 1.807) is 4.68 Å². The smallest absolute Gasteiger partial charge is 0.237 e. The van der Waals surface area contributed by atoms with Crippen LogP contribution in [0, 0.1) is 20.8 Å². The van der Waals surface area contributed by atoms with E-state index in [9.17, 15) is 4.79 Å². The number of rotatable bonds is 5. The number of benzene rings is 2. The molecule has 26 heavy (non-hydrogen) atoms. The zero-order valence-electron chi connectivity index (χ0n) is 15.2. The van der Waals surface area contributed by atoms with Crippen LogP contribution < -0.4 is 5.32 Å². The first-order valence-corrected chi connectivity index (χ1v) is 9.22. The van der Waals surface area contributed by atoms with Crippen molar-refractivity contribution < 1.29 is 4.79 Å². The molecule has 0 aliphatic heterocycles. The molecule has 134 valence electrons. The Morgan fingerprint density at radius 2 is 1.77 bits per heavy atom. The van der Waals surface area contributed by atoms with Gasteiger partial charge < -0.3 is 5.32 Å². The van der Waals surface area contributed by atoms with Crippen molar-refractivity contribution in [3.8, 4) is 5.69 Å². The second-order valence-corrected chi connectivity index (χ2v) is 7.59. The molecule has 0 aliphatic carbocycles. The van der Waals surface area contributed by atoms with E-state index in [-0.39, 0.29) is 11.2 Å². The van der Waals surface area contributed by atoms with Gasteiger partial charge in [-0.2, -0.15) is 4.68 Å². The third-order valence-corrected chi connectivity index (χ3v) is 5.02. The molecule has 0 aliphatic rings. The molecule has 1 amide bonds. The number of nitrogens with zero attached hydrogens (tertiary/aromatic N) is 4. The number of amides is 1. The number of nitrogens with one attached hydrogen (secondary N) is 1. The lowest BCUT2D eigenvalue weighted by molar-refractivity contribution is -0.115. The van der Waals surface area contributed by atoms with Crippen LogP contribution in [0.2, 0.25) is 0 Å². The predicted molar refractivity (Wildman–Crippen MR) is 104 cm³/mol. The van der Waals surface area contributed by atoms with Crippen molar-refractivity contribution in [2.75, 3.05) is 5.32 Å². The summed E-state index contributed by atoms with van der Waals surface area (Å²) in [5.74, 6) is -0.0889. The number of aryl methyl sites for hydroxylation is 3. The van der Waals surface area contributed by atoms with Crippen LogP contribution in [0.25, 0.3) is 5.69 Å². The van der Waals surface area contributed by atoms with Crippen molar-refractivity contribution in [1.29, 1.82) is 0 Å². The standard InChI is InChI=1S/C19H21N5OS/c1-12-5-8-16(9-6-12)20-18(25)15(4)26-19-21-22-23-24(19)17-10-7-13(2)11-14(17)3/h5-11,15H,1-4H3,(H,20,25)/t15-/m0/s1. The largest absolute Gasteiger partial charge is 0.325 e. The fraction of sp³-hybridized carbons (Fsp3) is 0.263. The number of thioether (sulfide) groups is 1. The number of hydrogen-bond acceptors (Lipinski definition) is 5. The van der Waals surface area contributed by atoms with Gasteiger partial charge in [0.15, 0.2) is 0 Å². The molecule has 0 unspecified atom stereocenters. The quantitative estimate of drug-likeness (QED) is 0.696. The van der Waals surface area contributed by atoms with Gasteiger partial charge in [-0.1, -0.05) is 47.2 Å². The van der Waals surface area contributed by atoms with Crippen molar-refractivity contribution in [2.24, 2.45) is 0 Å². The van der Waals surface area contributed by atoms with Gasteiger partial charge in [-0.05, 0) is 61.9 Å². The van der Waals surface area contributed by atoms with Gasteiger partial charge in [0, 0.05) is 5.69 Å². The SMILES string of the molecule is Cc1ccc(NC(=O)[C@H](C)Sc2nnnn2-c2ccc(C)cc2C)cc1. The van der Waals surface area contributed by atoms with E-state index in [4.69, 9.17) is 0 Å². The average molecular weight is 367 g/mol. The summed E-state index contributed by atoms with van der Waals surface area (Å²) in [5.41, 5.74) is 5.10. The molecule has 2 aromatic carbocycles. The number of tetrazole rings is 1. The first kappa shape index (κ1) is 18.1. The van der Waals surface area contributed by atoms with E-state index in [0.717, 1.165) is 22.5 Å². The number of hydrogen-bond donors (Lipinski definition) is 1. The molecule has 0 spiro atoms. The van der Waals surface area contributed by atoms with E-state index in [1.807, 2.05) is 64.1 Å². The van der Waals surface area contributed by atoms with E-state index >= 15 is 0 Å². The van der Waals surface area contributed by atoms with E-state index in [0.29, 0.717) is 5.16 Å². The van der Waals surface area contributed by atoms with E-state index in [1.165, 1.54) is 17.3 Å². The van der Waals surface area contributed by atoms with Crippen molar-refractivity contribution in [2.45, 2.75) is 38.1 Å². The van der Waals surface area contributed by atoms with Gasteiger partial charge in [-0.3, -0.25) is 4.79 Å². The zero-order valence-corrected chi connectivity index (χ0v) is 16.0. The van der Waals surface area contributed by atoms with Crippen molar-refractivity contribution in [3.05, 3.63) is 59.2 Å². The van der Waals surface area contributed by atoms with Crippen molar-refractivity contribution >= 4 is 23.4 Å². The molecule has 1 N–H and O–H groups in total. The highest BCUT2D eigenvalue weighted by atomic mass is 32.2. The summed E-state index contributed by atoms with van der Waals surface area (Å²) in [6.45, 7) is 7.92. The van der Waals surface area contributed by atoms with Crippen LogP contribution in [0.1, 0.15) is 23.6 Å². The lowest BCUT2D eigenvalue weighted by Gasteiger charge is -2.13. The lowest BCUT2D eigenvalue weighted by atomic mass is 10.1. The van der Waals surface area contributed by atoms with Crippen LogP contribution in [0.3, 0.4) is 0 Å². The Morgan fingerprint density at radius 3 is 2.46 bits per heavy atom. The molecule has 6 nitrogen and oxygen atoms in total. The summed E-state index contributed by atoms with van der Waals surface area (Å²) >= 11 is 1.33. The van der Waals surface area contributed by atoms with Gasteiger partial charge in [0.05, 0.1) is 10.9 Å². The first-order chi connectivity index (χ1) is 12.4. The van der Waals surface area contributed by atoms with Gasteiger partial charge in [-0.25, -0.2) is 0 Å². The minimum absolute atomic E-state index is 0.0889. The zero-order chi connectivity index (χ0) is 18.7. The number of carbonyl (C=O) groups excluding carboxylic acids is 1. The molecule has 0 saturated heterocycles. The maximum Gasteiger partial charge on any atom is 0.237 e. The molecule has 0 fully saturated rings. The van der Waals surface area contributed by atoms with Crippen LogP contribution in [-0.2, 0) is 4.79 Å². The molecule has 0 bridgehead atoms. The normalized spacial score (nSPS) is 12.0. The number of aromatic nitrogens is 4.